The van der Waals surface area contributed by atoms with Crippen molar-refractivity contribution in [2.45, 2.75) is 91.1 Å². The van der Waals surface area contributed by atoms with E-state index < -0.39 is 0 Å². The van der Waals surface area contributed by atoms with E-state index in [0.717, 1.165) is 5.92 Å². The van der Waals surface area contributed by atoms with Crippen molar-refractivity contribution in [3.8, 4) is 0 Å². The Morgan fingerprint density at radius 3 is 1.59 bits per heavy atom. The van der Waals surface area contributed by atoms with E-state index in [4.69, 9.17) is 4.74 Å². The van der Waals surface area contributed by atoms with Crippen LogP contribution in [0.25, 0.3) is 0 Å². The van der Waals surface area contributed by atoms with Gasteiger partial charge in [-0.1, -0.05) is 65.2 Å². The van der Waals surface area contributed by atoms with Gasteiger partial charge >= 0.3 is 0 Å². The summed E-state index contributed by atoms with van der Waals surface area (Å²) in [4.78, 5) is 0. The van der Waals surface area contributed by atoms with Crippen LogP contribution in [0.2, 0.25) is 0 Å². The van der Waals surface area contributed by atoms with Crippen LogP contribution in [0.1, 0.15) is 85.0 Å². The van der Waals surface area contributed by atoms with Crippen LogP contribution in [0.4, 0.5) is 0 Å². The molecule has 0 bridgehead atoms. The Kier molecular flexibility index (Phi) is 12.4. The standard InChI is InChI=1S/C16H34O/c1-5-7-9-11-13-16(15(3)17-4)14-12-10-8-6-2/h15-16H,5-14H2,1-4H3. The van der Waals surface area contributed by atoms with Crippen LogP contribution in [-0.2, 0) is 4.74 Å². The van der Waals surface area contributed by atoms with Gasteiger partial charge in [0.2, 0.25) is 0 Å². The molecule has 0 rings (SSSR count). The molecule has 0 N–H and O–H groups in total. The summed E-state index contributed by atoms with van der Waals surface area (Å²) in [5.74, 6) is 0.786. The van der Waals surface area contributed by atoms with Gasteiger partial charge in [-0.15, -0.1) is 0 Å². The van der Waals surface area contributed by atoms with E-state index >= 15 is 0 Å². The number of hydrogen-bond donors (Lipinski definition) is 0. The number of unbranched alkanes of at least 4 members (excludes halogenated alkanes) is 6. The first-order valence-electron chi connectivity index (χ1n) is 7.79. The Morgan fingerprint density at radius 2 is 1.24 bits per heavy atom. The lowest BCUT2D eigenvalue weighted by atomic mass is 9.90. The van der Waals surface area contributed by atoms with Gasteiger partial charge in [-0.25, -0.2) is 0 Å². The van der Waals surface area contributed by atoms with Gasteiger partial charge in [-0.2, -0.15) is 0 Å². The zero-order valence-electron chi connectivity index (χ0n) is 12.6. The van der Waals surface area contributed by atoms with Crippen LogP contribution in [-0.4, -0.2) is 13.2 Å². The fraction of sp³-hybridized carbons (Fsp3) is 1.00. The molecule has 0 spiro atoms. The second-order valence-corrected chi connectivity index (χ2v) is 5.40. The molecule has 0 heterocycles. The van der Waals surface area contributed by atoms with Gasteiger partial charge in [0.05, 0.1) is 6.10 Å². The Balaban J connectivity index is 3.72. The van der Waals surface area contributed by atoms with Crippen molar-refractivity contribution in [1.29, 1.82) is 0 Å². The van der Waals surface area contributed by atoms with Gasteiger partial charge in [0.1, 0.15) is 0 Å². The highest BCUT2D eigenvalue weighted by molar-refractivity contribution is 4.67. The fourth-order valence-electron chi connectivity index (χ4n) is 2.47. The van der Waals surface area contributed by atoms with Crippen molar-refractivity contribution in [3.63, 3.8) is 0 Å². The van der Waals surface area contributed by atoms with E-state index in [-0.39, 0.29) is 0 Å². The van der Waals surface area contributed by atoms with Crippen molar-refractivity contribution in [2.24, 2.45) is 5.92 Å². The van der Waals surface area contributed by atoms with E-state index in [1.165, 1.54) is 64.2 Å². The summed E-state index contributed by atoms with van der Waals surface area (Å²) < 4.78 is 5.53. The van der Waals surface area contributed by atoms with Gasteiger partial charge in [0.15, 0.2) is 0 Å². The predicted molar refractivity (Wildman–Crippen MR) is 77.5 cm³/mol. The van der Waals surface area contributed by atoms with Crippen molar-refractivity contribution in [1.82, 2.24) is 0 Å². The lowest BCUT2D eigenvalue weighted by molar-refractivity contribution is 0.0571. The molecular weight excluding hydrogens is 208 g/mol. The summed E-state index contributed by atoms with van der Waals surface area (Å²) in [5, 5.41) is 0. The first-order chi connectivity index (χ1) is 8.26. The Morgan fingerprint density at radius 1 is 0.765 bits per heavy atom. The van der Waals surface area contributed by atoms with E-state index in [9.17, 15) is 0 Å². The normalized spacial score (nSPS) is 13.2. The van der Waals surface area contributed by atoms with Crippen LogP contribution in [0, 0.1) is 5.92 Å². The topological polar surface area (TPSA) is 9.23 Å². The molecule has 1 unspecified atom stereocenters. The van der Waals surface area contributed by atoms with Crippen molar-refractivity contribution >= 4 is 0 Å². The van der Waals surface area contributed by atoms with Gasteiger partial charge < -0.3 is 4.74 Å². The average molecular weight is 242 g/mol. The van der Waals surface area contributed by atoms with Crippen LogP contribution in [0.3, 0.4) is 0 Å². The molecule has 17 heavy (non-hydrogen) atoms. The van der Waals surface area contributed by atoms with Gasteiger partial charge in [-0.05, 0) is 25.7 Å². The van der Waals surface area contributed by atoms with Gasteiger partial charge in [0, 0.05) is 7.11 Å². The third-order valence-electron chi connectivity index (χ3n) is 3.89. The highest BCUT2D eigenvalue weighted by Gasteiger charge is 2.15. The molecule has 0 radical (unpaired) electrons. The summed E-state index contributed by atoms with van der Waals surface area (Å²) in [6.07, 6.45) is 14.2. The second-order valence-electron chi connectivity index (χ2n) is 5.40. The first kappa shape index (κ1) is 17.0. The monoisotopic (exact) mass is 242 g/mol. The number of methoxy groups -OCH3 is 1. The molecule has 0 amide bonds. The highest BCUT2D eigenvalue weighted by atomic mass is 16.5. The molecule has 0 aliphatic rings. The van der Waals surface area contributed by atoms with Crippen molar-refractivity contribution < 1.29 is 4.74 Å². The molecule has 1 nitrogen and oxygen atoms in total. The minimum absolute atomic E-state index is 0.443. The molecule has 0 aromatic rings. The Hall–Kier alpha value is -0.0400. The molecule has 0 fully saturated rings. The maximum atomic E-state index is 5.53. The fourth-order valence-corrected chi connectivity index (χ4v) is 2.47. The molecule has 1 atom stereocenters. The maximum absolute atomic E-state index is 5.53. The van der Waals surface area contributed by atoms with E-state index in [2.05, 4.69) is 20.8 Å². The molecule has 0 aliphatic heterocycles. The second kappa shape index (κ2) is 12.4. The zero-order chi connectivity index (χ0) is 12.9. The van der Waals surface area contributed by atoms with Crippen LogP contribution >= 0.6 is 0 Å². The molecule has 0 saturated carbocycles. The lowest BCUT2D eigenvalue weighted by Crippen LogP contribution is -2.19. The summed E-state index contributed by atoms with van der Waals surface area (Å²) in [7, 11) is 1.86. The Bertz CT molecular complexity index is 132. The number of rotatable bonds is 12. The lowest BCUT2D eigenvalue weighted by Gasteiger charge is -2.23. The number of hydrogen-bond acceptors (Lipinski definition) is 1. The maximum Gasteiger partial charge on any atom is 0.0571 e. The summed E-state index contributed by atoms with van der Waals surface area (Å²) >= 11 is 0. The van der Waals surface area contributed by atoms with Crippen LogP contribution in [0.15, 0.2) is 0 Å². The SMILES string of the molecule is CCCCCCC(CCCCCC)C(C)OC. The molecule has 1 heteroatoms. The van der Waals surface area contributed by atoms with E-state index in [1.54, 1.807) is 0 Å². The molecule has 104 valence electrons. The van der Waals surface area contributed by atoms with Crippen molar-refractivity contribution in [2.75, 3.05) is 7.11 Å². The molecular formula is C16H34O. The number of ether oxygens (including phenoxy) is 1. The van der Waals surface area contributed by atoms with E-state index in [0.29, 0.717) is 6.10 Å². The Labute approximate surface area is 109 Å². The van der Waals surface area contributed by atoms with Gasteiger partial charge in [-0.3, -0.25) is 0 Å². The molecule has 0 aromatic carbocycles. The predicted octanol–water partition coefficient (Wildman–Crippen LogP) is 5.58. The minimum atomic E-state index is 0.443. The largest absolute Gasteiger partial charge is 0.381 e. The quantitative estimate of drug-likeness (QED) is 0.406. The first-order valence-corrected chi connectivity index (χ1v) is 7.79. The molecule has 0 aromatic heterocycles. The smallest absolute Gasteiger partial charge is 0.0571 e. The highest BCUT2D eigenvalue weighted by Crippen LogP contribution is 2.23. The summed E-state index contributed by atoms with van der Waals surface area (Å²) in [6, 6.07) is 0. The van der Waals surface area contributed by atoms with Gasteiger partial charge in [0.25, 0.3) is 0 Å². The van der Waals surface area contributed by atoms with Crippen LogP contribution in [0.5, 0.6) is 0 Å². The summed E-state index contributed by atoms with van der Waals surface area (Å²) in [6.45, 7) is 6.80. The third-order valence-corrected chi connectivity index (χ3v) is 3.89. The molecule has 0 saturated heterocycles. The van der Waals surface area contributed by atoms with Crippen molar-refractivity contribution in [3.05, 3.63) is 0 Å². The average Bonchev–Trinajstić information content (AvgIpc) is 2.36. The zero-order valence-corrected chi connectivity index (χ0v) is 12.6. The van der Waals surface area contributed by atoms with E-state index in [1.807, 2.05) is 7.11 Å². The summed E-state index contributed by atoms with van der Waals surface area (Å²) in [5.41, 5.74) is 0. The van der Waals surface area contributed by atoms with Crippen LogP contribution < -0.4 is 0 Å². The molecule has 0 aliphatic carbocycles. The third kappa shape index (κ3) is 9.64. The minimum Gasteiger partial charge on any atom is -0.381 e.